The first-order valence-corrected chi connectivity index (χ1v) is 8.57. The molecule has 1 aliphatic rings. The van der Waals surface area contributed by atoms with E-state index in [1.165, 1.54) is 5.69 Å². The Balaban J connectivity index is 1.46. The quantitative estimate of drug-likeness (QED) is 0.878. The Hall–Kier alpha value is -1.55. The number of hydrogen-bond acceptors (Lipinski definition) is 3. The van der Waals surface area contributed by atoms with Gasteiger partial charge in [0.1, 0.15) is 0 Å². The maximum Gasteiger partial charge on any atom is 0.0914 e. The summed E-state index contributed by atoms with van der Waals surface area (Å²) in [7, 11) is 0. The lowest BCUT2D eigenvalue weighted by Crippen LogP contribution is -2.43. The molecule has 0 saturated carbocycles. The molecule has 1 saturated heterocycles. The van der Waals surface area contributed by atoms with E-state index < -0.39 is 6.10 Å². The standard InChI is InChI=1S/C19H23ClN2O/c20-16-6-4-5-15(13-16)19(23)14-21-17-9-11-22(12-10-17)18-7-2-1-3-8-18/h1-8,13,17,19,21,23H,9-12,14H2/t19-/m0/s1. The average molecular weight is 331 g/mol. The highest BCUT2D eigenvalue weighted by atomic mass is 35.5. The van der Waals surface area contributed by atoms with Crippen LogP contribution in [-0.2, 0) is 0 Å². The highest BCUT2D eigenvalue weighted by Crippen LogP contribution is 2.21. The minimum Gasteiger partial charge on any atom is -0.387 e. The lowest BCUT2D eigenvalue weighted by Gasteiger charge is -2.34. The third kappa shape index (κ3) is 4.47. The first-order valence-electron chi connectivity index (χ1n) is 8.19. The number of halogens is 1. The fourth-order valence-corrected chi connectivity index (χ4v) is 3.29. The minimum atomic E-state index is -0.513. The normalized spacial score (nSPS) is 17.2. The van der Waals surface area contributed by atoms with Crippen LogP contribution in [0.3, 0.4) is 0 Å². The molecule has 0 aliphatic carbocycles. The van der Waals surface area contributed by atoms with Gasteiger partial charge in [0.25, 0.3) is 0 Å². The van der Waals surface area contributed by atoms with E-state index >= 15 is 0 Å². The highest BCUT2D eigenvalue weighted by molar-refractivity contribution is 6.30. The zero-order valence-corrected chi connectivity index (χ0v) is 13.9. The molecule has 1 atom stereocenters. The molecule has 0 amide bonds. The number of aliphatic hydroxyl groups excluding tert-OH is 1. The number of piperidine rings is 1. The van der Waals surface area contributed by atoms with E-state index in [-0.39, 0.29) is 0 Å². The van der Waals surface area contributed by atoms with Crippen molar-refractivity contribution in [2.24, 2.45) is 0 Å². The van der Waals surface area contributed by atoms with Crippen molar-refractivity contribution in [3.8, 4) is 0 Å². The molecule has 1 aliphatic heterocycles. The Labute approximate surface area is 142 Å². The first-order chi connectivity index (χ1) is 11.2. The third-order valence-electron chi connectivity index (χ3n) is 4.45. The summed E-state index contributed by atoms with van der Waals surface area (Å²) in [6, 6.07) is 18.4. The SMILES string of the molecule is O[C@@H](CNC1CCN(c2ccccc2)CC1)c1cccc(Cl)c1. The summed E-state index contributed by atoms with van der Waals surface area (Å²) in [4.78, 5) is 2.42. The smallest absolute Gasteiger partial charge is 0.0914 e. The number of nitrogens with zero attached hydrogens (tertiary/aromatic N) is 1. The van der Waals surface area contributed by atoms with Gasteiger partial charge in [-0.05, 0) is 42.7 Å². The third-order valence-corrected chi connectivity index (χ3v) is 4.68. The van der Waals surface area contributed by atoms with E-state index in [1.54, 1.807) is 0 Å². The molecule has 3 nitrogen and oxygen atoms in total. The lowest BCUT2D eigenvalue weighted by atomic mass is 10.0. The van der Waals surface area contributed by atoms with Gasteiger partial charge in [-0.1, -0.05) is 41.9 Å². The van der Waals surface area contributed by atoms with Crippen LogP contribution in [0.1, 0.15) is 24.5 Å². The molecular formula is C19H23ClN2O. The number of benzene rings is 2. The van der Waals surface area contributed by atoms with Crippen LogP contribution in [-0.4, -0.2) is 30.8 Å². The second-order valence-corrected chi connectivity index (χ2v) is 6.51. The lowest BCUT2D eigenvalue weighted by molar-refractivity contribution is 0.167. The van der Waals surface area contributed by atoms with Gasteiger partial charge in [-0.25, -0.2) is 0 Å². The molecule has 0 spiro atoms. The fourth-order valence-electron chi connectivity index (χ4n) is 3.09. The first kappa shape index (κ1) is 16.3. The van der Waals surface area contributed by atoms with Crippen molar-refractivity contribution in [1.82, 2.24) is 5.32 Å². The van der Waals surface area contributed by atoms with Crippen molar-refractivity contribution < 1.29 is 5.11 Å². The van der Waals surface area contributed by atoms with Crippen molar-refractivity contribution in [2.75, 3.05) is 24.5 Å². The molecule has 3 rings (SSSR count). The molecule has 2 N–H and O–H groups in total. The van der Waals surface area contributed by atoms with Crippen LogP contribution in [0, 0.1) is 0 Å². The summed E-state index contributed by atoms with van der Waals surface area (Å²) in [6.45, 7) is 2.67. The molecule has 23 heavy (non-hydrogen) atoms. The molecule has 0 unspecified atom stereocenters. The van der Waals surface area contributed by atoms with Crippen LogP contribution < -0.4 is 10.2 Å². The molecular weight excluding hydrogens is 308 g/mol. The van der Waals surface area contributed by atoms with Crippen LogP contribution in [0.5, 0.6) is 0 Å². The molecule has 2 aromatic carbocycles. The predicted octanol–water partition coefficient (Wildman–Crippen LogP) is 3.63. The van der Waals surface area contributed by atoms with Crippen LogP contribution in [0.4, 0.5) is 5.69 Å². The summed E-state index contributed by atoms with van der Waals surface area (Å²) >= 11 is 5.98. The second kappa shape index (κ2) is 7.82. The Bertz CT molecular complexity index is 612. The Morgan fingerprint density at radius 1 is 1.09 bits per heavy atom. The Morgan fingerprint density at radius 2 is 1.83 bits per heavy atom. The number of anilines is 1. The fraction of sp³-hybridized carbons (Fsp3) is 0.368. The molecule has 1 fully saturated rings. The predicted molar refractivity (Wildman–Crippen MR) is 96.1 cm³/mol. The molecule has 0 radical (unpaired) electrons. The molecule has 1 heterocycles. The topological polar surface area (TPSA) is 35.5 Å². The summed E-state index contributed by atoms with van der Waals surface area (Å²) < 4.78 is 0. The van der Waals surface area contributed by atoms with E-state index in [4.69, 9.17) is 11.6 Å². The van der Waals surface area contributed by atoms with Gasteiger partial charge in [0.05, 0.1) is 6.10 Å². The van der Waals surface area contributed by atoms with Gasteiger partial charge in [-0.2, -0.15) is 0 Å². The van der Waals surface area contributed by atoms with Crippen molar-refractivity contribution in [1.29, 1.82) is 0 Å². The van der Waals surface area contributed by atoms with E-state index in [2.05, 4.69) is 40.5 Å². The summed E-state index contributed by atoms with van der Waals surface area (Å²) in [5.74, 6) is 0. The van der Waals surface area contributed by atoms with Crippen LogP contribution in [0.15, 0.2) is 54.6 Å². The van der Waals surface area contributed by atoms with Crippen LogP contribution in [0.25, 0.3) is 0 Å². The largest absolute Gasteiger partial charge is 0.387 e. The van der Waals surface area contributed by atoms with Crippen molar-refractivity contribution in [2.45, 2.75) is 25.0 Å². The molecule has 122 valence electrons. The number of nitrogens with one attached hydrogen (secondary N) is 1. The summed E-state index contributed by atoms with van der Waals surface area (Å²) in [5, 5.41) is 14.4. The van der Waals surface area contributed by atoms with E-state index in [9.17, 15) is 5.11 Å². The molecule has 4 heteroatoms. The number of hydrogen-bond donors (Lipinski definition) is 2. The van der Waals surface area contributed by atoms with Crippen LogP contribution >= 0.6 is 11.6 Å². The van der Waals surface area contributed by atoms with E-state index in [1.807, 2.05) is 24.3 Å². The molecule has 0 bridgehead atoms. The van der Waals surface area contributed by atoms with Gasteiger partial charge in [0, 0.05) is 36.4 Å². The second-order valence-electron chi connectivity index (χ2n) is 6.08. The Morgan fingerprint density at radius 3 is 2.52 bits per heavy atom. The van der Waals surface area contributed by atoms with Gasteiger partial charge in [-0.15, -0.1) is 0 Å². The van der Waals surface area contributed by atoms with Gasteiger partial charge in [-0.3, -0.25) is 0 Å². The Kier molecular flexibility index (Phi) is 5.55. The van der Waals surface area contributed by atoms with Gasteiger partial charge in [0.2, 0.25) is 0 Å². The maximum atomic E-state index is 10.3. The molecule has 2 aromatic rings. The van der Waals surface area contributed by atoms with Gasteiger partial charge in [0.15, 0.2) is 0 Å². The van der Waals surface area contributed by atoms with Crippen molar-refractivity contribution in [3.63, 3.8) is 0 Å². The van der Waals surface area contributed by atoms with Crippen molar-refractivity contribution in [3.05, 3.63) is 65.2 Å². The zero-order chi connectivity index (χ0) is 16.1. The average Bonchev–Trinajstić information content (AvgIpc) is 2.61. The van der Waals surface area contributed by atoms with Crippen molar-refractivity contribution >= 4 is 17.3 Å². The van der Waals surface area contributed by atoms with E-state index in [0.717, 1.165) is 31.5 Å². The number of rotatable bonds is 5. The summed E-state index contributed by atoms with van der Waals surface area (Å²) in [5.41, 5.74) is 2.16. The zero-order valence-electron chi connectivity index (χ0n) is 13.2. The van der Waals surface area contributed by atoms with Gasteiger partial charge < -0.3 is 15.3 Å². The molecule has 0 aromatic heterocycles. The maximum absolute atomic E-state index is 10.3. The van der Waals surface area contributed by atoms with E-state index in [0.29, 0.717) is 17.6 Å². The highest BCUT2D eigenvalue weighted by Gasteiger charge is 2.20. The minimum absolute atomic E-state index is 0.462. The van der Waals surface area contributed by atoms with Gasteiger partial charge >= 0.3 is 0 Å². The number of para-hydroxylation sites is 1. The summed E-state index contributed by atoms with van der Waals surface area (Å²) in [6.07, 6.45) is 1.68. The monoisotopic (exact) mass is 330 g/mol. The van der Waals surface area contributed by atoms with Crippen LogP contribution in [0.2, 0.25) is 5.02 Å². The number of aliphatic hydroxyl groups is 1.